The smallest absolute Gasteiger partial charge is 0.225 e. The number of carbonyl (C=O) groups is 1. The second kappa shape index (κ2) is 10.0. The fraction of sp³-hybridized carbons (Fsp3) is 0.346. The van der Waals surface area contributed by atoms with Gasteiger partial charge in [-0.3, -0.25) is 9.69 Å². The lowest BCUT2D eigenvalue weighted by Gasteiger charge is -2.41. The number of carbonyl (C=O) groups excluding carboxylic acids is 1. The number of rotatable bonds is 8. The molecule has 3 aromatic rings. The number of ether oxygens (including phenoxy) is 2. The maximum atomic E-state index is 12.9. The highest BCUT2D eigenvalue weighted by Gasteiger charge is 2.41. The number of hydrogen-bond acceptors (Lipinski definition) is 6. The van der Waals surface area contributed by atoms with E-state index >= 15 is 0 Å². The van der Waals surface area contributed by atoms with E-state index in [-0.39, 0.29) is 5.91 Å². The van der Waals surface area contributed by atoms with Crippen molar-refractivity contribution in [2.24, 2.45) is 11.1 Å². The van der Waals surface area contributed by atoms with Gasteiger partial charge in [-0.25, -0.2) is 9.97 Å². The molecular formula is C26H30N4O3. The van der Waals surface area contributed by atoms with Crippen LogP contribution in [0.2, 0.25) is 0 Å². The predicted molar refractivity (Wildman–Crippen MR) is 127 cm³/mol. The maximum Gasteiger partial charge on any atom is 0.225 e. The van der Waals surface area contributed by atoms with Crippen molar-refractivity contribution in [3.05, 3.63) is 72.3 Å². The number of nitrogens with zero attached hydrogens (tertiary/aromatic N) is 3. The molecule has 2 N–H and O–H groups in total. The van der Waals surface area contributed by atoms with Gasteiger partial charge < -0.3 is 15.2 Å². The molecule has 0 bridgehead atoms. The Morgan fingerprint density at radius 1 is 1.06 bits per heavy atom. The zero-order valence-electron chi connectivity index (χ0n) is 19.2. The first-order valence-electron chi connectivity index (χ1n) is 11.1. The van der Waals surface area contributed by atoms with Gasteiger partial charge in [0.05, 0.1) is 19.6 Å². The zero-order chi connectivity index (χ0) is 23.3. The van der Waals surface area contributed by atoms with Gasteiger partial charge in [-0.15, -0.1) is 0 Å². The fourth-order valence-corrected chi connectivity index (χ4v) is 4.87. The Kier molecular flexibility index (Phi) is 6.89. The van der Waals surface area contributed by atoms with E-state index in [1.165, 1.54) is 6.33 Å². The molecule has 4 rings (SSSR count). The lowest BCUT2D eigenvalue weighted by molar-refractivity contribution is -0.131. The summed E-state index contributed by atoms with van der Waals surface area (Å²) < 4.78 is 11.1. The second-order valence-electron chi connectivity index (χ2n) is 8.57. The molecule has 2 heterocycles. The van der Waals surface area contributed by atoms with Crippen molar-refractivity contribution in [1.29, 1.82) is 0 Å². The third kappa shape index (κ3) is 4.83. The van der Waals surface area contributed by atoms with Gasteiger partial charge in [-0.2, -0.15) is 0 Å². The van der Waals surface area contributed by atoms with Crippen molar-refractivity contribution in [2.45, 2.75) is 25.8 Å². The Labute approximate surface area is 194 Å². The molecule has 1 saturated heterocycles. The van der Waals surface area contributed by atoms with Crippen molar-refractivity contribution < 1.29 is 14.3 Å². The summed E-state index contributed by atoms with van der Waals surface area (Å²) in [5.74, 6) is 1.17. The number of methoxy groups -OCH3 is 2. The molecule has 0 spiro atoms. The van der Waals surface area contributed by atoms with E-state index in [2.05, 4.69) is 20.9 Å². The maximum absolute atomic E-state index is 12.9. The van der Waals surface area contributed by atoms with Gasteiger partial charge >= 0.3 is 0 Å². The summed E-state index contributed by atoms with van der Waals surface area (Å²) in [6.45, 7) is 2.13. The Morgan fingerprint density at radius 2 is 1.82 bits per heavy atom. The summed E-state index contributed by atoms with van der Waals surface area (Å²) in [6, 6.07) is 14.0. The number of piperidine rings is 1. The summed E-state index contributed by atoms with van der Waals surface area (Å²) in [6.07, 6.45) is 7.33. The molecule has 1 fully saturated rings. The van der Waals surface area contributed by atoms with Crippen LogP contribution in [0.1, 0.15) is 24.0 Å². The van der Waals surface area contributed by atoms with E-state index in [0.29, 0.717) is 25.3 Å². The average molecular weight is 447 g/mol. The van der Waals surface area contributed by atoms with Gasteiger partial charge in [0, 0.05) is 36.6 Å². The van der Waals surface area contributed by atoms with Crippen molar-refractivity contribution in [1.82, 2.24) is 14.9 Å². The first-order valence-corrected chi connectivity index (χ1v) is 11.1. The molecule has 1 aliphatic rings. The molecule has 172 valence electrons. The van der Waals surface area contributed by atoms with Gasteiger partial charge in [0.15, 0.2) is 11.5 Å². The van der Waals surface area contributed by atoms with E-state index < -0.39 is 5.41 Å². The standard InChI is InChI=1S/C26H30N4O3/c1-32-23-10-5-8-20(24(23)33-2)16-30-12-6-11-26(17-30,25(27)31)13-19-7-3-4-9-22(19)21-14-28-18-29-15-21/h3-5,7-10,14-15,18H,6,11-13,16-17H2,1-2H3,(H2,27,31). The van der Waals surface area contributed by atoms with E-state index in [1.807, 2.05) is 36.4 Å². The van der Waals surface area contributed by atoms with Crippen LogP contribution in [0.4, 0.5) is 0 Å². The summed E-state index contributed by atoms with van der Waals surface area (Å²) >= 11 is 0. The van der Waals surface area contributed by atoms with E-state index in [9.17, 15) is 4.79 Å². The molecule has 7 nitrogen and oxygen atoms in total. The largest absolute Gasteiger partial charge is 0.493 e. The first kappa shape index (κ1) is 22.7. The number of benzene rings is 2. The van der Waals surface area contributed by atoms with E-state index in [1.54, 1.807) is 26.6 Å². The van der Waals surface area contributed by atoms with Crippen molar-refractivity contribution in [3.63, 3.8) is 0 Å². The molecule has 1 atom stereocenters. The highest BCUT2D eigenvalue weighted by molar-refractivity contribution is 5.82. The van der Waals surface area contributed by atoms with Gasteiger partial charge in [0.1, 0.15) is 6.33 Å². The number of amides is 1. The molecular weight excluding hydrogens is 416 g/mol. The molecule has 0 aliphatic carbocycles. The van der Waals surface area contributed by atoms with E-state index in [0.717, 1.165) is 47.4 Å². The van der Waals surface area contributed by atoms with Crippen molar-refractivity contribution >= 4 is 5.91 Å². The molecule has 7 heteroatoms. The third-order valence-electron chi connectivity index (χ3n) is 6.47. The quantitative estimate of drug-likeness (QED) is 0.570. The van der Waals surface area contributed by atoms with Gasteiger partial charge in [0.2, 0.25) is 5.91 Å². The molecule has 0 saturated carbocycles. The van der Waals surface area contributed by atoms with Crippen LogP contribution in [0, 0.1) is 5.41 Å². The van der Waals surface area contributed by atoms with Crippen LogP contribution in [0.3, 0.4) is 0 Å². The number of hydrogen-bond donors (Lipinski definition) is 1. The monoisotopic (exact) mass is 446 g/mol. The highest BCUT2D eigenvalue weighted by Crippen LogP contribution is 2.38. The average Bonchev–Trinajstić information content (AvgIpc) is 2.85. The van der Waals surface area contributed by atoms with Crippen LogP contribution >= 0.6 is 0 Å². The molecule has 33 heavy (non-hydrogen) atoms. The normalized spacial score (nSPS) is 18.6. The second-order valence-corrected chi connectivity index (χ2v) is 8.57. The summed E-state index contributed by atoms with van der Waals surface area (Å²) in [4.78, 5) is 23.5. The van der Waals surface area contributed by atoms with Crippen molar-refractivity contribution in [2.75, 3.05) is 27.3 Å². The number of nitrogens with two attached hydrogens (primary N) is 1. The summed E-state index contributed by atoms with van der Waals surface area (Å²) in [7, 11) is 3.28. The summed E-state index contributed by atoms with van der Waals surface area (Å²) in [5, 5.41) is 0. The number of primary amides is 1. The number of likely N-dealkylation sites (tertiary alicyclic amines) is 1. The molecule has 1 aliphatic heterocycles. The fourth-order valence-electron chi connectivity index (χ4n) is 4.87. The van der Waals surface area contributed by atoms with Gasteiger partial charge in [0.25, 0.3) is 0 Å². The molecule has 2 aromatic carbocycles. The molecule has 0 radical (unpaired) electrons. The zero-order valence-corrected chi connectivity index (χ0v) is 19.2. The van der Waals surface area contributed by atoms with Gasteiger partial charge in [-0.05, 0) is 43.0 Å². The van der Waals surface area contributed by atoms with Crippen LogP contribution in [0.25, 0.3) is 11.1 Å². The number of aromatic nitrogens is 2. The molecule has 1 amide bonds. The minimum absolute atomic E-state index is 0.260. The Balaban J connectivity index is 1.61. The minimum Gasteiger partial charge on any atom is -0.493 e. The summed E-state index contributed by atoms with van der Waals surface area (Å²) in [5.41, 5.74) is 9.47. The molecule has 1 aromatic heterocycles. The highest BCUT2D eigenvalue weighted by atomic mass is 16.5. The Bertz CT molecular complexity index is 1110. The first-order chi connectivity index (χ1) is 16.1. The van der Waals surface area contributed by atoms with E-state index in [4.69, 9.17) is 15.2 Å². The molecule has 1 unspecified atom stereocenters. The predicted octanol–water partition coefficient (Wildman–Crippen LogP) is 3.47. The lowest BCUT2D eigenvalue weighted by atomic mass is 9.73. The SMILES string of the molecule is COc1cccc(CN2CCCC(Cc3ccccc3-c3cncnc3)(C(N)=O)C2)c1OC. The van der Waals surface area contributed by atoms with Crippen LogP contribution in [-0.2, 0) is 17.8 Å². The van der Waals surface area contributed by atoms with Crippen LogP contribution < -0.4 is 15.2 Å². The topological polar surface area (TPSA) is 90.6 Å². The van der Waals surface area contributed by atoms with Crippen LogP contribution in [-0.4, -0.2) is 48.1 Å². The van der Waals surface area contributed by atoms with Crippen molar-refractivity contribution in [3.8, 4) is 22.6 Å². The van der Waals surface area contributed by atoms with Crippen LogP contribution in [0.15, 0.2) is 61.2 Å². The lowest BCUT2D eigenvalue weighted by Crippen LogP contribution is -2.51. The Hall–Kier alpha value is -3.45. The van der Waals surface area contributed by atoms with Gasteiger partial charge in [-0.1, -0.05) is 36.4 Å². The van der Waals surface area contributed by atoms with Crippen LogP contribution in [0.5, 0.6) is 11.5 Å². The third-order valence-corrected chi connectivity index (χ3v) is 6.47. The Morgan fingerprint density at radius 3 is 2.55 bits per heavy atom. The number of para-hydroxylation sites is 1. The minimum atomic E-state index is -0.657.